The molecule has 0 fully saturated rings. The SMILES string of the molecule is Cc1ccc(C(O)C(O)CCO)c(F)c1. The number of halogens is 1. The summed E-state index contributed by atoms with van der Waals surface area (Å²) >= 11 is 0. The van der Waals surface area contributed by atoms with Crippen molar-refractivity contribution in [1.82, 2.24) is 0 Å². The van der Waals surface area contributed by atoms with Crippen LogP contribution in [0.25, 0.3) is 0 Å². The molecule has 0 saturated carbocycles. The first-order chi connectivity index (χ1) is 7.06. The van der Waals surface area contributed by atoms with Crippen LogP contribution in [0.5, 0.6) is 0 Å². The van der Waals surface area contributed by atoms with Gasteiger partial charge in [0.2, 0.25) is 0 Å². The molecule has 0 aromatic heterocycles. The molecule has 0 saturated heterocycles. The van der Waals surface area contributed by atoms with E-state index in [1.807, 2.05) is 0 Å². The fourth-order valence-corrected chi connectivity index (χ4v) is 1.37. The lowest BCUT2D eigenvalue weighted by atomic mass is 10.0. The fourth-order valence-electron chi connectivity index (χ4n) is 1.37. The summed E-state index contributed by atoms with van der Waals surface area (Å²) in [5, 5.41) is 27.6. The Bertz CT molecular complexity index is 328. The van der Waals surface area contributed by atoms with Crippen molar-refractivity contribution in [1.29, 1.82) is 0 Å². The third-order valence-corrected chi connectivity index (χ3v) is 2.26. The smallest absolute Gasteiger partial charge is 0.129 e. The van der Waals surface area contributed by atoms with Gasteiger partial charge in [0, 0.05) is 12.2 Å². The van der Waals surface area contributed by atoms with E-state index in [2.05, 4.69) is 0 Å². The van der Waals surface area contributed by atoms with E-state index < -0.39 is 18.0 Å². The highest BCUT2D eigenvalue weighted by molar-refractivity contribution is 5.25. The largest absolute Gasteiger partial charge is 0.396 e. The summed E-state index contributed by atoms with van der Waals surface area (Å²) in [4.78, 5) is 0. The molecular weight excluding hydrogens is 199 g/mol. The predicted molar refractivity (Wildman–Crippen MR) is 53.8 cm³/mol. The zero-order chi connectivity index (χ0) is 11.4. The van der Waals surface area contributed by atoms with Crippen molar-refractivity contribution in [2.24, 2.45) is 0 Å². The second kappa shape index (κ2) is 5.21. The highest BCUT2D eigenvalue weighted by atomic mass is 19.1. The predicted octanol–water partition coefficient (Wildman–Crippen LogP) is 0.911. The highest BCUT2D eigenvalue weighted by Crippen LogP contribution is 2.22. The van der Waals surface area contributed by atoms with Crippen molar-refractivity contribution in [3.05, 3.63) is 35.1 Å². The lowest BCUT2D eigenvalue weighted by Crippen LogP contribution is -2.20. The molecule has 0 radical (unpaired) electrons. The summed E-state index contributed by atoms with van der Waals surface area (Å²) in [5.41, 5.74) is 0.807. The maximum atomic E-state index is 13.4. The van der Waals surface area contributed by atoms with Gasteiger partial charge in [0.05, 0.1) is 6.10 Å². The molecule has 1 rings (SSSR count). The molecule has 0 aliphatic rings. The van der Waals surface area contributed by atoms with Crippen LogP contribution in [0.3, 0.4) is 0 Å². The Balaban J connectivity index is 2.86. The molecule has 2 unspecified atom stereocenters. The van der Waals surface area contributed by atoms with Crippen molar-refractivity contribution in [2.45, 2.75) is 25.6 Å². The minimum atomic E-state index is -1.29. The minimum absolute atomic E-state index is 0.0223. The van der Waals surface area contributed by atoms with Crippen molar-refractivity contribution in [3.8, 4) is 0 Å². The third-order valence-electron chi connectivity index (χ3n) is 2.26. The van der Waals surface area contributed by atoms with Crippen LogP contribution in [0.2, 0.25) is 0 Å². The van der Waals surface area contributed by atoms with Crippen LogP contribution in [0, 0.1) is 12.7 Å². The van der Waals surface area contributed by atoms with Gasteiger partial charge in [-0.1, -0.05) is 12.1 Å². The normalized spacial score (nSPS) is 15.0. The van der Waals surface area contributed by atoms with Crippen LogP contribution < -0.4 is 0 Å². The average molecular weight is 214 g/mol. The summed E-state index contributed by atoms with van der Waals surface area (Å²) in [6, 6.07) is 4.40. The second-order valence-electron chi connectivity index (χ2n) is 3.55. The molecule has 0 bridgehead atoms. The molecule has 0 aliphatic carbocycles. The van der Waals surface area contributed by atoms with Crippen LogP contribution >= 0.6 is 0 Å². The molecular formula is C11H15FO3. The van der Waals surface area contributed by atoms with E-state index >= 15 is 0 Å². The standard InChI is InChI=1S/C11H15FO3/c1-7-2-3-8(9(12)6-7)11(15)10(14)4-5-13/h2-3,6,10-11,13-15H,4-5H2,1H3. The van der Waals surface area contributed by atoms with Crippen LogP contribution in [-0.4, -0.2) is 28.0 Å². The quantitative estimate of drug-likeness (QED) is 0.698. The lowest BCUT2D eigenvalue weighted by Gasteiger charge is -2.17. The first-order valence-electron chi connectivity index (χ1n) is 4.79. The number of aliphatic hydroxyl groups excluding tert-OH is 3. The summed E-state index contributed by atoms with van der Waals surface area (Å²) in [6.45, 7) is 1.50. The Morgan fingerprint density at radius 1 is 1.33 bits per heavy atom. The van der Waals surface area contributed by atoms with Gasteiger partial charge in [-0.3, -0.25) is 0 Å². The number of rotatable bonds is 4. The molecule has 0 amide bonds. The van der Waals surface area contributed by atoms with Crippen LogP contribution in [-0.2, 0) is 0 Å². The summed E-state index contributed by atoms with van der Waals surface area (Å²) < 4.78 is 13.4. The van der Waals surface area contributed by atoms with Gasteiger partial charge in [-0.2, -0.15) is 0 Å². The van der Waals surface area contributed by atoms with Crippen LogP contribution in [0.15, 0.2) is 18.2 Å². The average Bonchev–Trinajstić information content (AvgIpc) is 2.17. The first-order valence-corrected chi connectivity index (χ1v) is 4.79. The molecule has 1 aromatic rings. The van der Waals surface area contributed by atoms with Gasteiger partial charge in [0.1, 0.15) is 11.9 Å². The van der Waals surface area contributed by atoms with Crippen LogP contribution in [0.4, 0.5) is 4.39 Å². The van der Waals surface area contributed by atoms with Crippen LogP contribution in [0.1, 0.15) is 23.7 Å². The number of benzene rings is 1. The summed E-state index contributed by atoms with van der Waals surface area (Å²) in [5.74, 6) is -0.542. The van der Waals surface area contributed by atoms with Gasteiger partial charge < -0.3 is 15.3 Å². The van der Waals surface area contributed by atoms with E-state index in [-0.39, 0.29) is 18.6 Å². The van der Waals surface area contributed by atoms with Crippen molar-refractivity contribution in [3.63, 3.8) is 0 Å². The maximum absolute atomic E-state index is 13.4. The van der Waals surface area contributed by atoms with E-state index in [4.69, 9.17) is 5.11 Å². The summed E-state index contributed by atoms with van der Waals surface area (Å²) in [6.07, 6.45) is -2.42. The van der Waals surface area contributed by atoms with E-state index in [0.29, 0.717) is 0 Å². The Hall–Kier alpha value is -0.970. The molecule has 84 valence electrons. The van der Waals surface area contributed by atoms with E-state index in [9.17, 15) is 14.6 Å². The molecule has 4 heteroatoms. The Kier molecular flexibility index (Phi) is 4.20. The minimum Gasteiger partial charge on any atom is -0.396 e. The van der Waals surface area contributed by atoms with Crippen molar-refractivity contribution in [2.75, 3.05) is 6.61 Å². The van der Waals surface area contributed by atoms with Gasteiger partial charge >= 0.3 is 0 Å². The molecule has 3 N–H and O–H groups in total. The van der Waals surface area contributed by atoms with Gasteiger partial charge in [-0.15, -0.1) is 0 Å². The van der Waals surface area contributed by atoms with Gasteiger partial charge in [0.25, 0.3) is 0 Å². The van der Waals surface area contributed by atoms with Gasteiger partial charge in [-0.25, -0.2) is 4.39 Å². The molecule has 0 aliphatic heterocycles. The molecule has 1 aromatic carbocycles. The topological polar surface area (TPSA) is 60.7 Å². The highest BCUT2D eigenvalue weighted by Gasteiger charge is 2.20. The fraction of sp³-hybridized carbons (Fsp3) is 0.455. The van der Waals surface area contributed by atoms with Crippen molar-refractivity contribution >= 4 is 0 Å². The molecule has 2 atom stereocenters. The number of aryl methyl sites for hydroxylation is 1. The summed E-state index contributed by atoms with van der Waals surface area (Å²) in [7, 11) is 0. The Labute approximate surface area is 87.8 Å². The number of aliphatic hydroxyl groups is 3. The van der Waals surface area contributed by atoms with E-state index in [0.717, 1.165) is 5.56 Å². The first kappa shape index (κ1) is 12.1. The zero-order valence-corrected chi connectivity index (χ0v) is 8.52. The monoisotopic (exact) mass is 214 g/mol. The molecule has 0 heterocycles. The number of hydrogen-bond acceptors (Lipinski definition) is 3. The Morgan fingerprint density at radius 3 is 2.53 bits per heavy atom. The third kappa shape index (κ3) is 2.99. The molecule has 3 nitrogen and oxygen atoms in total. The van der Waals surface area contributed by atoms with Crippen molar-refractivity contribution < 1.29 is 19.7 Å². The van der Waals surface area contributed by atoms with Gasteiger partial charge in [0.15, 0.2) is 0 Å². The molecule has 0 spiro atoms. The Morgan fingerprint density at radius 2 is 2.00 bits per heavy atom. The lowest BCUT2D eigenvalue weighted by molar-refractivity contribution is 0.00235. The number of hydrogen-bond donors (Lipinski definition) is 3. The van der Waals surface area contributed by atoms with E-state index in [1.54, 1.807) is 13.0 Å². The zero-order valence-electron chi connectivity index (χ0n) is 8.52. The molecule has 15 heavy (non-hydrogen) atoms. The van der Waals surface area contributed by atoms with Gasteiger partial charge in [-0.05, 0) is 25.0 Å². The maximum Gasteiger partial charge on any atom is 0.129 e. The second-order valence-corrected chi connectivity index (χ2v) is 3.55. The van der Waals surface area contributed by atoms with E-state index in [1.165, 1.54) is 12.1 Å².